The van der Waals surface area contributed by atoms with Gasteiger partial charge in [-0.1, -0.05) is 0 Å². The Kier molecular flexibility index (Phi) is 4.15. The Morgan fingerprint density at radius 3 is 2.60 bits per heavy atom. The number of hydrogen-bond donors (Lipinski definition) is 3. The Hall–Kier alpha value is -2.04. The minimum atomic E-state index is -0.00261. The lowest BCUT2D eigenvalue weighted by molar-refractivity contribution is -0.456. The molecule has 0 aliphatic heterocycles. The summed E-state index contributed by atoms with van der Waals surface area (Å²) in [6.07, 6.45) is 1.69. The van der Waals surface area contributed by atoms with Crippen LogP contribution in [-0.2, 0) is 0 Å². The summed E-state index contributed by atoms with van der Waals surface area (Å²) in [5.41, 5.74) is 11.3. The van der Waals surface area contributed by atoms with Crippen LogP contribution < -0.4 is 21.3 Å². The lowest BCUT2D eigenvalue weighted by Gasteiger charge is -2.00. The molecule has 0 aromatic heterocycles. The van der Waals surface area contributed by atoms with Gasteiger partial charge in [0.25, 0.3) is 5.96 Å². The van der Waals surface area contributed by atoms with E-state index in [1.807, 2.05) is 31.2 Å². The fourth-order valence-corrected chi connectivity index (χ4v) is 1.01. The van der Waals surface area contributed by atoms with Gasteiger partial charge in [-0.15, -0.1) is 5.10 Å². The second-order valence-electron chi connectivity index (χ2n) is 2.81. The van der Waals surface area contributed by atoms with Gasteiger partial charge in [-0.05, 0) is 31.2 Å². The highest BCUT2D eigenvalue weighted by molar-refractivity contribution is 5.77. The van der Waals surface area contributed by atoms with Crippen molar-refractivity contribution in [1.82, 2.24) is 0 Å². The third-order valence-electron chi connectivity index (χ3n) is 1.62. The maximum atomic E-state index is 5.30. The summed E-state index contributed by atoms with van der Waals surface area (Å²) in [4.78, 5) is 0. The Labute approximate surface area is 88.4 Å². The number of hydrogen-bond acceptors (Lipinski definition) is 2. The Morgan fingerprint density at radius 1 is 1.40 bits per heavy atom. The number of benzene rings is 1. The molecule has 0 saturated heterocycles. The third-order valence-corrected chi connectivity index (χ3v) is 1.62. The zero-order valence-corrected chi connectivity index (χ0v) is 8.60. The minimum absolute atomic E-state index is 0.00261. The molecule has 0 heterocycles. The third kappa shape index (κ3) is 4.12. The van der Waals surface area contributed by atoms with Crippen molar-refractivity contribution in [2.75, 3.05) is 6.61 Å². The summed E-state index contributed by atoms with van der Waals surface area (Å²) < 4.78 is 5.30. The van der Waals surface area contributed by atoms with E-state index in [2.05, 4.69) is 10.2 Å². The molecule has 0 unspecified atom stereocenters. The van der Waals surface area contributed by atoms with Crippen LogP contribution in [0.4, 0.5) is 0 Å². The predicted octanol–water partition coefficient (Wildman–Crippen LogP) is -1.23. The van der Waals surface area contributed by atoms with Crippen LogP contribution >= 0.6 is 0 Å². The van der Waals surface area contributed by atoms with E-state index in [0.717, 1.165) is 11.3 Å². The van der Waals surface area contributed by atoms with Crippen molar-refractivity contribution in [3.8, 4) is 5.75 Å². The summed E-state index contributed by atoms with van der Waals surface area (Å²) in [7, 11) is 0. The Balaban J connectivity index is 2.64. The Bertz CT molecular complexity index is 352. The molecule has 0 saturated carbocycles. The van der Waals surface area contributed by atoms with E-state index in [9.17, 15) is 0 Å². The normalized spacial score (nSPS) is 10.2. The zero-order valence-electron chi connectivity index (χ0n) is 8.60. The molecular weight excluding hydrogens is 192 g/mol. The number of guanidine groups is 1. The molecule has 0 atom stereocenters. The summed E-state index contributed by atoms with van der Waals surface area (Å²) in [6, 6.07) is 7.57. The van der Waals surface area contributed by atoms with Crippen molar-refractivity contribution >= 4 is 12.2 Å². The highest BCUT2D eigenvalue weighted by Crippen LogP contribution is 2.09. The molecule has 0 bridgehead atoms. The summed E-state index contributed by atoms with van der Waals surface area (Å²) in [6.45, 7) is 2.61. The van der Waals surface area contributed by atoms with Crippen LogP contribution in [0.3, 0.4) is 0 Å². The first-order valence-electron chi connectivity index (χ1n) is 4.62. The average molecular weight is 207 g/mol. The molecule has 5 nitrogen and oxygen atoms in total. The average Bonchev–Trinajstić information content (AvgIpc) is 2.20. The summed E-state index contributed by atoms with van der Waals surface area (Å²) in [5, 5.41) is 6.24. The first kappa shape index (κ1) is 11.0. The molecule has 0 spiro atoms. The number of hydrazone groups is 1. The second-order valence-corrected chi connectivity index (χ2v) is 2.81. The molecule has 1 rings (SSSR count). The molecule has 0 aliphatic rings. The van der Waals surface area contributed by atoms with Gasteiger partial charge in [0.2, 0.25) is 6.21 Å². The summed E-state index contributed by atoms with van der Waals surface area (Å²) >= 11 is 0. The van der Waals surface area contributed by atoms with Gasteiger partial charge in [0.1, 0.15) is 5.75 Å². The van der Waals surface area contributed by atoms with Crippen LogP contribution in [-0.4, -0.2) is 18.8 Å². The molecule has 0 fully saturated rings. The largest absolute Gasteiger partial charge is 0.494 e. The van der Waals surface area contributed by atoms with Gasteiger partial charge < -0.3 is 16.2 Å². The quantitative estimate of drug-likeness (QED) is 0.328. The van der Waals surface area contributed by atoms with Crippen LogP contribution in [0.2, 0.25) is 0 Å². The zero-order chi connectivity index (χ0) is 11.1. The first-order valence-corrected chi connectivity index (χ1v) is 4.62. The van der Waals surface area contributed by atoms with Crippen molar-refractivity contribution in [2.45, 2.75) is 6.92 Å². The van der Waals surface area contributed by atoms with Crippen molar-refractivity contribution in [3.05, 3.63) is 29.8 Å². The standard InChI is InChI=1S/C10H14N4O/c1-2-15-9-5-3-8(4-6-9)7-13-14-10(11)12/h3-7H,2H2,1H3,(H4,11,12,14)/p+1/b13-7-. The monoisotopic (exact) mass is 207 g/mol. The molecule has 0 radical (unpaired) electrons. The van der Waals surface area contributed by atoms with Crippen LogP contribution in [0, 0.1) is 0 Å². The van der Waals surface area contributed by atoms with Crippen molar-refractivity contribution in [2.24, 2.45) is 16.6 Å². The van der Waals surface area contributed by atoms with Crippen molar-refractivity contribution in [3.63, 3.8) is 0 Å². The van der Waals surface area contributed by atoms with Gasteiger partial charge >= 0.3 is 0 Å². The van der Waals surface area contributed by atoms with E-state index < -0.39 is 0 Å². The van der Waals surface area contributed by atoms with Gasteiger partial charge in [0.15, 0.2) is 0 Å². The SMILES string of the molecule is CCOc1ccc(/C=[NH+]\N=C(N)N)cc1. The predicted molar refractivity (Wildman–Crippen MR) is 59.5 cm³/mol. The fourth-order valence-electron chi connectivity index (χ4n) is 1.01. The van der Waals surface area contributed by atoms with Gasteiger partial charge in [-0.25, -0.2) is 0 Å². The molecule has 80 valence electrons. The number of nitrogens with one attached hydrogen (secondary N) is 1. The van der Waals surface area contributed by atoms with Gasteiger partial charge in [0.05, 0.1) is 6.61 Å². The highest BCUT2D eigenvalue weighted by Gasteiger charge is 1.94. The molecule has 5 N–H and O–H groups in total. The smallest absolute Gasteiger partial charge is 0.256 e. The van der Waals surface area contributed by atoms with E-state index in [1.165, 1.54) is 0 Å². The molecule has 1 aromatic carbocycles. The number of ether oxygens (including phenoxy) is 1. The highest BCUT2D eigenvalue weighted by atomic mass is 16.5. The van der Waals surface area contributed by atoms with E-state index >= 15 is 0 Å². The van der Waals surface area contributed by atoms with Gasteiger partial charge in [-0.2, -0.15) is 0 Å². The van der Waals surface area contributed by atoms with Crippen LogP contribution in [0.1, 0.15) is 12.5 Å². The maximum Gasteiger partial charge on any atom is 0.256 e. The first-order chi connectivity index (χ1) is 7.22. The van der Waals surface area contributed by atoms with Crippen LogP contribution in [0.15, 0.2) is 29.4 Å². The Morgan fingerprint density at radius 2 is 2.07 bits per heavy atom. The van der Waals surface area contributed by atoms with E-state index in [-0.39, 0.29) is 5.96 Å². The number of rotatable bonds is 4. The van der Waals surface area contributed by atoms with Crippen molar-refractivity contribution < 1.29 is 9.84 Å². The lowest BCUT2D eigenvalue weighted by Crippen LogP contribution is -2.63. The van der Waals surface area contributed by atoms with Gasteiger partial charge in [0, 0.05) is 10.7 Å². The molecule has 0 amide bonds. The van der Waals surface area contributed by atoms with E-state index in [4.69, 9.17) is 16.2 Å². The van der Waals surface area contributed by atoms with E-state index in [1.54, 1.807) is 6.21 Å². The minimum Gasteiger partial charge on any atom is -0.494 e. The topological polar surface area (TPSA) is 87.6 Å². The second kappa shape index (κ2) is 5.64. The molecule has 1 aromatic rings. The molecular formula is C10H15N4O+. The molecule has 0 aliphatic carbocycles. The fraction of sp³-hybridized carbons (Fsp3) is 0.200. The van der Waals surface area contributed by atoms with Crippen LogP contribution in [0.25, 0.3) is 0 Å². The number of nitrogens with two attached hydrogens (primary N) is 2. The van der Waals surface area contributed by atoms with Crippen LogP contribution in [0.5, 0.6) is 5.75 Å². The summed E-state index contributed by atoms with van der Waals surface area (Å²) in [5.74, 6) is 0.841. The van der Waals surface area contributed by atoms with Crippen molar-refractivity contribution in [1.29, 1.82) is 0 Å². The van der Waals surface area contributed by atoms with E-state index in [0.29, 0.717) is 6.61 Å². The lowest BCUT2D eigenvalue weighted by atomic mass is 10.2. The molecule has 5 heteroatoms. The molecule has 15 heavy (non-hydrogen) atoms. The maximum absolute atomic E-state index is 5.30. The van der Waals surface area contributed by atoms with Gasteiger partial charge in [-0.3, -0.25) is 0 Å². The number of nitrogens with zero attached hydrogens (tertiary/aromatic N) is 1.